The molecule has 0 atom stereocenters. The molecule has 2 heteroatoms. The Labute approximate surface area is 97.8 Å². The van der Waals surface area contributed by atoms with Crippen molar-refractivity contribution in [1.82, 2.24) is 0 Å². The lowest BCUT2D eigenvalue weighted by molar-refractivity contribution is 0.241. The van der Waals surface area contributed by atoms with Gasteiger partial charge in [0.15, 0.2) is 0 Å². The molecular formula is C14H21NO. The number of para-hydroxylation sites is 1. The zero-order valence-corrected chi connectivity index (χ0v) is 10.2. The van der Waals surface area contributed by atoms with Crippen molar-refractivity contribution < 1.29 is 4.74 Å². The third-order valence-corrected chi connectivity index (χ3v) is 3.81. The van der Waals surface area contributed by atoms with Crippen LogP contribution in [-0.4, -0.2) is 7.11 Å². The van der Waals surface area contributed by atoms with Crippen LogP contribution in [0, 0.1) is 5.92 Å². The number of methoxy groups -OCH3 is 1. The minimum absolute atomic E-state index is 0.181. The van der Waals surface area contributed by atoms with Crippen LogP contribution < -0.4 is 10.5 Å². The van der Waals surface area contributed by atoms with Gasteiger partial charge in [-0.2, -0.15) is 0 Å². The topological polar surface area (TPSA) is 35.2 Å². The molecule has 0 unspecified atom stereocenters. The third-order valence-electron chi connectivity index (χ3n) is 3.81. The quantitative estimate of drug-likeness (QED) is 0.829. The van der Waals surface area contributed by atoms with Crippen molar-refractivity contribution in [2.45, 2.75) is 38.1 Å². The minimum atomic E-state index is -0.181. The summed E-state index contributed by atoms with van der Waals surface area (Å²) in [5, 5.41) is 0. The number of rotatable bonds is 2. The lowest BCUT2D eigenvalue weighted by atomic mass is 9.73. The molecule has 0 saturated heterocycles. The Balaban J connectivity index is 2.28. The molecule has 1 aliphatic carbocycles. The Hall–Kier alpha value is -1.02. The summed E-state index contributed by atoms with van der Waals surface area (Å²) in [4.78, 5) is 0. The first-order valence-corrected chi connectivity index (χ1v) is 6.08. The van der Waals surface area contributed by atoms with Crippen molar-refractivity contribution in [3.63, 3.8) is 0 Å². The van der Waals surface area contributed by atoms with E-state index in [0.29, 0.717) is 0 Å². The molecule has 2 rings (SSSR count). The van der Waals surface area contributed by atoms with Crippen molar-refractivity contribution >= 4 is 0 Å². The summed E-state index contributed by atoms with van der Waals surface area (Å²) in [6.45, 7) is 2.31. The Morgan fingerprint density at radius 2 is 1.88 bits per heavy atom. The predicted molar refractivity (Wildman–Crippen MR) is 66.5 cm³/mol. The van der Waals surface area contributed by atoms with Crippen molar-refractivity contribution in [2.75, 3.05) is 7.11 Å². The molecule has 0 radical (unpaired) electrons. The van der Waals surface area contributed by atoms with Crippen LogP contribution in [0.15, 0.2) is 24.3 Å². The van der Waals surface area contributed by atoms with Gasteiger partial charge in [-0.25, -0.2) is 0 Å². The largest absolute Gasteiger partial charge is 0.496 e. The maximum absolute atomic E-state index is 6.54. The van der Waals surface area contributed by atoms with Gasteiger partial charge in [-0.05, 0) is 37.7 Å². The predicted octanol–water partition coefficient (Wildman–Crippen LogP) is 3.06. The van der Waals surface area contributed by atoms with Gasteiger partial charge in [0.1, 0.15) is 5.75 Å². The molecule has 88 valence electrons. The molecule has 0 spiro atoms. The molecular weight excluding hydrogens is 198 g/mol. The zero-order chi connectivity index (χ0) is 11.6. The van der Waals surface area contributed by atoms with Crippen LogP contribution >= 0.6 is 0 Å². The summed E-state index contributed by atoms with van der Waals surface area (Å²) in [7, 11) is 1.72. The molecule has 0 aromatic heterocycles. The van der Waals surface area contributed by atoms with Gasteiger partial charge in [0, 0.05) is 11.1 Å². The van der Waals surface area contributed by atoms with E-state index in [0.717, 1.165) is 24.5 Å². The van der Waals surface area contributed by atoms with Gasteiger partial charge in [0.05, 0.1) is 7.11 Å². The SMILES string of the molecule is COc1ccccc1C1(N)CCC(C)CC1. The van der Waals surface area contributed by atoms with E-state index in [4.69, 9.17) is 10.5 Å². The average molecular weight is 219 g/mol. The van der Waals surface area contributed by atoms with Crippen LogP contribution in [0.4, 0.5) is 0 Å². The molecule has 1 aromatic carbocycles. The van der Waals surface area contributed by atoms with Gasteiger partial charge < -0.3 is 10.5 Å². The number of hydrogen-bond acceptors (Lipinski definition) is 2. The Morgan fingerprint density at radius 3 is 2.50 bits per heavy atom. The normalized spacial score (nSPS) is 30.1. The molecule has 0 bridgehead atoms. The molecule has 1 aliphatic rings. The second kappa shape index (κ2) is 4.46. The Bertz CT molecular complexity index is 354. The van der Waals surface area contributed by atoms with Crippen molar-refractivity contribution in [3.05, 3.63) is 29.8 Å². The third kappa shape index (κ3) is 2.07. The molecule has 1 fully saturated rings. The van der Waals surface area contributed by atoms with Crippen molar-refractivity contribution in [3.8, 4) is 5.75 Å². The highest BCUT2D eigenvalue weighted by Crippen LogP contribution is 2.40. The highest BCUT2D eigenvalue weighted by atomic mass is 16.5. The van der Waals surface area contributed by atoms with E-state index in [1.54, 1.807) is 7.11 Å². The maximum atomic E-state index is 6.54. The summed E-state index contributed by atoms with van der Waals surface area (Å²) < 4.78 is 5.41. The smallest absolute Gasteiger partial charge is 0.123 e. The van der Waals surface area contributed by atoms with Crippen LogP contribution in [0.3, 0.4) is 0 Å². The number of hydrogen-bond donors (Lipinski definition) is 1. The van der Waals surface area contributed by atoms with Gasteiger partial charge >= 0.3 is 0 Å². The van der Waals surface area contributed by atoms with Gasteiger partial charge in [0.2, 0.25) is 0 Å². The summed E-state index contributed by atoms with van der Waals surface area (Å²) >= 11 is 0. The first-order valence-electron chi connectivity index (χ1n) is 6.08. The second-order valence-electron chi connectivity index (χ2n) is 5.04. The molecule has 0 heterocycles. The van der Waals surface area contributed by atoms with Crippen LogP contribution in [-0.2, 0) is 5.54 Å². The lowest BCUT2D eigenvalue weighted by Crippen LogP contribution is -2.40. The fourth-order valence-corrected chi connectivity index (χ4v) is 2.60. The molecule has 0 aliphatic heterocycles. The van der Waals surface area contributed by atoms with Gasteiger partial charge in [-0.3, -0.25) is 0 Å². The van der Waals surface area contributed by atoms with E-state index in [1.165, 1.54) is 18.4 Å². The van der Waals surface area contributed by atoms with Crippen LogP contribution in [0.5, 0.6) is 5.75 Å². The monoisotopic (exact) mass is 219 g/mol. The first kappa shape index (κ1) is 11.5. The van der Waals surface area contributed by atoms with E-state index in [1.807, 2.05) is 18.2 Å². The highest BCUT2D eigenvalue weighted by molar-refractivity contribution is 5.39. The van der Waals surface area contributed by atoms with Crippen molar-refractivity contribution in [2.24, 2.45) is 11.7 Å². The van der Waals surface area contributed by atoms with Crippen LogP contribution in [0.25, 0.3) is 0 Å². The molecule has 1 aromatic rings. The van der Waals surface area contributed by atoms with E-state index < -0.39 is 0 Å². The Morgan fingerprint density at radius 1 is 1.25 bits per heavy atom. The molecule has 2 N–H and O–H groups in total. The zero-order valence-electron chi connectivity index (χ0n) is 10.2. The molecule has 16 heavy (non-hydrogen) atoms. The minimum Gasteiger partial charge on any atom is -0.496 e. The second-order valence-corrected chi connectivity index (χ2v) is 5.04. The number of benzene rings is 1. The van der Waals surface area contributed by atoms with E-state index >= 15 is 0 Å². The lowest BCUT2D eigenvalue weighted by Gasteiger charge is -2.37. The first-order chi connectivity index (χ1) is 7.65. The van der Waals surface area contributed by atoms with Gasteiger partial charge in [-0.15, -0.1) is 0 Å². The number of ether oxygens (including phenoxy) is 1. The molecule has 0 amide bonds. The van der Waals surface area contributed by atoms with Gasteiger partial charge in [0.25, 0.3) is 0 Å². The van der Waals surface area contributed by atoms with E-state index in [9.17, 15) is 0 Å². The van der Waals surface area contributed by atoms with E-state index in [2.05, 4.69) is 13.0 Å². The van der Waals surface area contributed by atoms with Crippen molar-refractivity contribution in [1.29, 1.82) is 0 Å². The maximum Gasteiger partial charge on any atom is 0.123 e. The van der Waals surface area contributed by atoms with Gasteiger partial charge in [-0.1, -0.05) is 25.1 Å². The van der Waals surface area contributed by atoms with Crippen LogP contribution in [0.1, 0.15) is 38.2 Å². The summed E-state index contributed by atoms with van der Waals surface area (Å²) in [5.41, 5.74) is 7.53. The van der Waals surface area contributed by atoms with E-state index in [-0.39, 0.29) is 5.54 Å². The summed E-state index contributed by atoms with van der Waals surface area (Å²) in [6, 6.07) is 8.15. The summed E-state index contributed by atoms with van der Waals surface area (Å²) in [6.07, 6.45) is 4.56. The Kier molecular flexibility index (Phi) is 3.20. The summed E-state index contributed by atoms with van der Waals surface area (Å²) in [5.74, 6) is 1.74. The number of nitrogens with two attached hydrogens (primary N) is 1. The van der Waals surface area contributed by atoms with Crippen LogP contribution in [0.2, 0.25) is 0 Å². The highest BCUT2D eigenvalue weighted by Gasteiger charge is 2.33. The molecule has 1 saturated carbocycles. The average Bonchev–Trinajstić information content (AvgIpc) is 2.33. The standard InChI is InChI=1S/C14H21NO/c1-11-7-9-14(15,10-8-11)12-5-3-4-6-13(12)16-2/h3-6,11H,7-10,15H2,1-2H3. The fourth-order valence-electron chi connectivity index (χ4n) is 2.60. The molecule has 2 nitrogen and oxygen atoms in total. The fraction of sp³-hybridized carbons (Fsp3) is 0.571.